The molecule has 0 aromatic heterocycles. The van der Waals surface area contributed by atoms with Gasteiger partial charge in [0, 0.05) is 12.8 Å². The number of amides is 1. The number of Topliss-reactive ketones (excluding diaryl/α,β-unsaturated/α-hetero) is 1. The highest BCUT2D eigenvalue weighted by Gasteiger charge is 2.29. The molecule has 2 atom stereocenters. The summed E-state index contributed by atoms with van der Waals surface area (Å²) in [5, 5.41) is 12.0. The van der Waals surface area contributed by atoms with Crippen LogP contribution in [0.5, 0.6) is 5.75 Å². The molecule has 0 heterocycles. The van der Waals surface area contributed by atoms with Crippen LogP contribution < -0.4 is 5.32 Å². The predicted octanol–water partition coefficient (Wildman–Crippen LogP) is 1.81. The second-order valence-corrected chi connectivity index (χ2v) is 7.34. The van der Waals surface area contributed by atoms with Gasteiger partial charge in [0.15, 0.2) is 0 Å². The highest BCUT2D eigenvalue weighted by molar-refractivity contribution is 6.25. The lowest BCUT2D eigenvalue weighted by atomic mass is 10.0. The van der Waals surface area contributed by atoms with Gasteiger partial charge in [-0.3, -0.25) is 9.59 Å². The number of carbonyl (C=O) groups excluding carboxylic acids is 3. The van der Waals surface area contributed by atoms with E-state index in [1.165, 1.54) is 12.1 Å². The molecule has 0 spiro atoms. The van der Waals surface area contributed by atoms with Gasteiger partial charge in [0.2, 0.25) is 11.7 Å². The topological polar surface area (TPSA) is 138 Å². The molecular weight excluding hydrogens is 390 g/mol. The van der Waals surface area contributed by atoms with Crippen LogP contribution in [0.25, 0.3) is 5.53 Å². The average molecular weight is 419 g/mol. The summed E-state index contributed by atoms with van der Waals surface area (Å²) >= 11 is 0. The molecule has 2 N–H and O–H groups in total. The fourth-order valence-corrected chi connectivity index (χ4v) is 2.62. The summed E-state index contributed by atoms with van der Waals surface area (Å²) in [6.45, 7) is 6.93. The molecule has 30 heavy (non-hydrogen) atoms. The van der Waals surface area contributed by atoms with Crippen molar-refractivity contribution < 1.29 is 33.8 Å². The predicted molar refractivity (Wildman–Crippen MR) is 109 cm³/mol. The third-order valence-corrected chi connectivity index (χ3v) is 3.92. The van der Waals surface area contributed by atoms with Gasteiger partial charge in [-0.15, -0.1) is 0 Å². The minimum atomic E-state index is -1.06. The van der Waals surface area contributed by atoms with Crippen LogP contribution in [0.3, 0.4) is 0 Å². The first-order valence-corrected chi connectivity index (χ1v) is 9.76. The maximum absolute atomic E-state index is 12.9. The Morgan fingerprint density at radius 3 is 2.30 bits per heavy atom. The normalized spacial score (nSPS) is 12.7. The standard InChI is InChI=1S/C21H29N3O6/c1-13(2)29-19(11-15-5-7-16(25)8-6-15)20(27)24-18(21(28)30-14(3)4)10-9-17(26)12-23-22/h5-8,12-14,18-19,25H,9-11H2,1-4H3,(H,24,27)/t18-,19-/m0/s1. The number of nitrogens with one attached hydrogen (secondary N) is 1. The number of rotatable bonds is 12. The summed E-state index contributed by atoms with van der Waals surface area (Å²) in [4.78, 5) is 39.5. The highest BCUT2D eigenvalue weighted by Crippen LogP contribution is 2.14. The molecular formula is C21H29N3O6. The Labute approximate surface area is 176 Å². The lowest BCUT2D eigenvalue weighted by molar-refractivity contribution is -0.153. The Balaban J connectivity index is 2.94. The van der Waals surface area contributed by atoms with Crippen molar-refractivity contribution in [1.29, 1.82) is 0 Å². The molecule has 1 rings (SSSR count). The first-order chi connectivity index (χ1) is 14.1. The first kappa shape index (κ1) is 25.0. The number of hydrogen-bond donors (Lipinski definition) is 2. The lowest BCUT2D eigenvalue weighted by Crippen LogP contribution is -2.48. The third-order valence-electron chi connectivity index (χ3n) is 3.92. The van der Waals surface area contributed by atoms with Gasteiger partial charge in [0.05, 0.1) is 12.2 Å². The van der Waals surface area contributed by atoms with Crippen LogP contribution in [-0.2, 0) is 30.3 Å². The molecule has 9 heteroatoms. The van der Waals surface area contributed by atoms with Crippen molar-refractivity contribution >= 4 is 23.9 Å². The van der Waals surface area contributed by atoms with Gasteiger partial charge in [0.25, 0.3) is 0 Å². The number of ether oxygens (including phenoxy) is 2. The van der Waals surface area contributed by atoms with Gasteiger partial charge < -0.3 is 25.4 Å². The molecule has 0 saturated heterocycles. The molecule has 1 aromatic carbocycles. The summed E-state index contributed by atoms with van der Waals surface area (Å²) in [7, 11) is 0. The average Bonchev–Trinajstić information content (AvgIpc) is 2.65. The molecule has 0 aliphatic rings. The number of aromatic hydroxyl groups is 1. The number of ketones is 1. The van der Waals surface area contributed by atoms with Gasteiger partial charge in [-0.05, 0) is 51.8 Å². The summed E-state index contributed by atoms with van der Waals surface area (Å²) < 4.78 is 10.9. The van der Waals surface area contributed by atoms with E-state index in [4.69, 9.17) is 15.0 Å². The minimum Gasteiger partial charge on any atom is -0.508 e. The van der Waals surface area contributed by atoms with Gasteiger partial charge in [-0.25, -0.2) is 4.79 Å². The Hall–Kier alpha value is -3.03. The van der Waals surface area contributed by atoms with Crippen LogP contribution in [0.15, 0.2) is 24.3 Å². The van der Waals surface area contributed by atoms with Crippen LogP contribution >= 0.6 is 0 Å². The summed E-state index contributed by atoms with van der Waals surface area (Å²) in [5.74, 6) is -1.57. The lowest BCUT2D eigenvalue weighted by Gasteiger charge is -2.24. The van der Waals surface area contributed by atoms with E-state index in [1.54, 1.807) is 39.8 Å². The number of esters is 1. The second kappa shape index (κ2) is 12.5. The van der Waals surface area contributed by atoms with Crippen molar-refractivity contribution in [3.05, 3.63) is 35.4 Å². The number of carbonyl (C=O) groups is 3. The molecule has 9 nitrogen and oxygen atoms in total. The Kier molecular flexibility index (Phi) is 10.4. The zero-order valence-electron chi connectivity index (χ0n) is 17.7. The maximum atomic E-state index is 12.9. The van der Waals surface area contributed by atoms with Gasteiger partial charge in [-0.1, -0.05) is 12.1 Å². The van der Waals surface area contributed by atoms with E-state index < -0.39 is 35.9 Å². The Morgan fingerprint density at radius 1 is 1.13 bits per heavy atom. The van der Waals surface area contributed by atoms with Crippen molar-refractivity contribution in [2.75, 3.05) is 0 Å². The van der Waals surface area contributed by atoms with Crippen LogP contribution in [0.2, 0.25) is 0 Å². The molecule has 0 aliphatic heterocycles. The molecule has 0 saturated carbocycles. The second-order valence-electron chi connectivity index (χ2n) is 7.34. The van der Waals surface area contributed by atoms with Crippen LogP contribution in [-0.4, -0.2) is 58.1 Å². The molecule has 0 fully saturated rings. The Morgan fingerprint density at radius 2 is 1.77 bits per heavy atom. The number of hydrogen-bond acceptors (Lipinski definition) is 6. The minimum absolute atomic E-state index is 0.0181. The van der Waals surface area contributed by atoms with E-state index in [1.807, 2.05) is 0 Å². The molecule has 1 amide bonds. The summed E-state index contributed by atoms with van der Waals surface area (Å²) in [5.41, 5.74) is 9.21. The van der Waals surface area contributed by atoms with Crippen molar-refractivity contribution in [3.63, 3.8) is 0 Å². The summed E-state index contributed by atoms with van der Waals surface area (Å²) in [6, 6.07) is 5.31. The number of nitrogens with zero attached hydrogens (tertiary/aromatic N) is 2. The van der Waals surface area contributed by atoms with E-state index >= 15 is 0 Å². The van der Waals surface area contributed by atoms with Crippen LogP contribution in [0.1, 0.15) is 46.1 Å². The van der Waals surface area contributed by atoms with Gasteiger partial charge in [-0.2, -0.15) is 4.79 Å². The molecule has 0 unspecified atom stereocenters. The zero-order valence-corrected chi connectivity index (χ0v) is 17.7. The van der Waals surface area contributed by atoms with Crippen molar-refractivity contribution in [2.45, 2.75) is 71.3 Å². The van der Waals surface area contributed by atoms with Crippen molar-refractivity contribution in [1.82, 2.24) is 5.32 Å². The summed E-state index contributed by atoms with van der Waals surface area (Å²) in [6.07, 6.45) is -0.702. The molecule has 0 radical (unpaired) electrons. The van der Waals surface area contributed by atoms with E-state index in [0.29, 0.717) is 0 Å². The number of phenols is 1. The number of benzene rings is 1. The van der Waals surface area contributed by atoms with Crippen LogP contribution in [0.4, 0.5) is 0 Å². The quantitative estimate of drug-likeness (QED) is 0.229. The highest BCUT2D eigenvalue weighted by atomic mass is 16.5. The third kappa shape index (κ3) is 9.45. The van der Waals surface area contributed by atoms with E-state index in [2.05, 4.69) is 10.1 Å². The molecule has 1 aromatic rings. The largest absolute Gasteiger partial charge is 0.508 e. The Bertz CT molecular complexity index is 769. The fourth-order valence-electron chi connectivity index (χ4n) is 2.62. The SMILES string of the molecule is CC(C)OC(=O)[C@H](CCC(=O)C=[N+]=[N-])NC(=O)[C@H](Cc1ccc(O)cc1)OC(C)C. The smallest absolute Gasteiger partial charge is 0.328 e. The first-order valence-electron chi connectivity index (χ1n) is 9.76. The molecule has 0 aliphatic carbocycles. The zero-order chi connectivity index (χ0) is 22.7. The van der Waals surface area contributed by atoms with Crippen molar-refractivity contribution in [2.24, 2.45) is 0 Å². The van der Waals surface area contributed by atoms with Gasteiger partial charge in [0.1, 0.15) is 17.9 Å². The van der Waals surface area contributed by atoms with E-state index in [-0.39, 0.29) is 31.1 Å². The maximum Gasteiger partial charge on any atom is 0.328 e. The monoisotopic (exact) mass is 419 g/mol. The molecule has 0 bridgehead atoms. The molecule has 164 valence electrons. The van der Waals surface area contributed by atoms with Gasteiger partial charge >= 0.3 is 12.2 Å². The van der Waals surface area contributed by atoms with E-state index in [0.717, 1.165) is 11.8 Å². The van der Waals surface area contributed by atoms with E-state index in [9.17, 15) is 19.5 Å². The fraction of sp³-hybridized carbons (Fsp3) is 0.524. The van der Waals surface area contributed by atoms with Crippen molar-refractivity contribution in [3.8, 4) is 5.75 Å². The number of phenolic OH excluding ortho intramolecular Hbond substituents is 1. The van der Waals surface area contributed by atoms with Crippen LogP contribution in [0, 0.1) is 0 Å².